The third-order valence-corrected chi connectivity index (χ3v) is 5.12. The molecule has 3 rings (SSSR count). The van der Waals surface area contributed by atoms with Gasteiger partial charge in [-0.05, 0) is 29.8 Å². The maximum absolute atomic E-state index is 13.7. The summed E-state index contributed by atoms with van der Waals surface area (Å²) in [4.78, 5) is 28.7. The number of morpholine rings is 1. The molecule has 1 aliphatic heterocycles. The minimum atomic E-state index is -1.02. The highest BCUT2D eigenvalue weighted by molar-refractivity contribution is 6.39. The van der Waals surface area contributed by atoms with Gasteiger partial charge in [-0.15, -0.1) is 0 Å². The first-order valence-electron chi connectivity index (χ1n) is 9.98. The molecule has 0 radical (unpaired) electrons. The summed E-state index contributed by atoms with van der Waals surface area (Å²) in [6, 6.07) is 10.5. The summed E-state index contributed by atoms with van der Waals surface area (Å²) >= 11 is 0. The molecule has 7 nitrogen and oxygen atoms in total. The molecule has 2 amide bonds. The van der Waals surface area contributed by atoms with Crippen LogP contribution in [0.3, 0.4) is 0 Å². The molecular formula is C22H26F2N4O3. The van der Waals surface area contributed by atoms with E-state index >= 15 is 0 Å². The summed E-state index contributed by atoms with van der Waals surface area (Å²) in [5.74, 6) is -3.64. The minimum absolute atomic E-state index is 0.153. The van der Waals surface area contributed by atoms with Crippen molar-refractivity contribution in [3.05, 3.63) is 59.7 Å². The molecule has 31 heavy (non-hydrogen) atoms. The number of nitrogens with zero attached hydrogens (tertiary/aromatic N) is 2. The van der Waals surface area contributed by atoms with Crippen LogP contribution in [0, 0.1) is 11.6 Å². The Balaban J connectivity index is 1.67. The SMILES string of the molecule is CN(C)c1ccc([C@H](CNC(=O)C(=O)Nc2ccc(F)cc2F)N2CCOCC2)cc1. The maximum atomic E-state index is 13.7. The molecule has 2 aromatic carbocycles. The number of carbonyl (C=O) groups is 2. The van der Waals surface area contributed by atoms with Crippen LogP contribution in [0.15, 0.2) is 42.5 Å². The second-order valence-electron chi connectivity index (χ2n) is 7.44. The van der Waals surface area contributed by atoms with Gasteiger partial charge < -0.3 is 20.3 Å². The number of anilines is 2. The van der Waals surface area contributed by atoms with Gasteiger partial charge in [0.05, 0.1) is 24.9 Å². The van der Waals surface area contributed by atoms with Crippen molar-refractivity contribution in [2.45, 2.75) is 6.04 Å². The van der Waals surface area contributed by atoms with Gasteiger partial charge in [0.2, 0.25) is 0 Å². The average molecular weight is 432 g/mol. The van der Waals surface area contributed by atoms with Gasteiger partial charge in [0.15, 0.2) is 0 Å². The number of amides is 2. The molecule has 2 N–H and O–H groups in total. The van der Waals surface area contributed by atoms with Gasteiger partial charge in [-0.25, -0.2) is 8.78 Å². The molecule has 0 bridgehead atoms. The number of hydrogen-bond acceptors (Lipinski definition) is 5. The van der Waals surface area contributed by atoms with Crippen molar-refractivity contribution in [1.82, 2.24) is 10.2 Å². The molecule has 1 aliphatic rings. The summed E-state index contributed by atoms with van der Waals surface area (Å²) in [7, 11) is 3.91. The van der Waals surface area contributed by atoms with E-state index in [1.165, 1.54) is 0 Å². The van der Waals surface area contributed by atoms with Gasteiger partial charge in [-0.3, -0.25) is 14.5 Å². The van der Waals surface area contributed by atoms with Crippen LogP contribution in [0.1, 0.15) is 11.6 Å². The van der Waals surface area contributed by atoms with Crippen molar-refractivity contribution in [2.75, 3.05) is 57.2 Å². The summed E-state index contributed by atoms with van der Waals surface area (Å²) in [5.41, 5.74) is 1.79. The van der Waals surface area contributed by atoms with E-state index in [-0.39, 0.29) is 18.3 Å². The van der Waals surface area contributed by atoms with Crippen molar-refractivity contribution >= 4 is 23.2 Å². The lowest BCUT2D eigenvalue weighted by Crippen LogP contribution is -2.45. The number of ether oxygens (including phenoxy) is 1. The van der Waals surface area contributed by atoms with Crippen LogP contribution < -0.4 is 15.5 Å². The Morgan fingerprint density at radius 1 is 1.06 bits per heavy atom. The molecule has 0 saturated carbocycles. The van der Waals surface area contributed by atoms with Gasteiger partial charge in [-0.1, -0.05) is 12.1 Å². The van der Waals surface area contributed by atoms with Crippen LogP contribution >= 0.6 is 0 Å². The third kappa shape index (κ3) is 5.99. The van der Waals surface area contributed by atoms with E-state index in [2.05, 4.69) is 15.5 Å². The fourth-order valence-electron chi connectivity index (χ4n) is 3.38. The van der Waals surface area contributed by atoms with E-state index in [0.717, 1.165) is 23.4 Å². The highest BCUT2D eigenvalue weighted by Crippen LogP contribution is 2.24. The van der Waals surface area contributed by atoms with Crippen LogP contribution in [0.2, 0.25) is 0 Å². The molecule has 1 fully saturated rings. The van der Waals surface area contributed by atoms with Crippen molar-refractivity contribution in [1.29, 1.82) is 0 Å². The Morgan fingerprint density at radius 2 is 1.74 bits per heavy atom. The predicted octanol–water partition coefficient (Wildman–Crippen LogP) is 2.16. The smallest absolute Gasteiger partial charge is 0.313 e. The third-order valence-electron chi connectivity index (χ3n) is 5.12. The van der Waals surface area contributed by atoms with Crippen LogP contribution in [-0.2, 0) is 14.3 Å². The van der Waals surface area contributed by atoms with Gasteiger partial charge in [0.1, 0.15) is 11.6 Å². The standard InChI is InChI=1S/C22H26F2N4O3/c1-27(2)17-6-3-15(4-7-17)20(28-9-11-31-12-10-28)14-25-21(29)22(30)26-19-8-5-16(23)13-18(19)24/h3-8,13,20H,9-12,14H2,1-2H3,(H,25,29)(H,26,30)/t20-/m0/s1. The normalized spacial score (nSPS) is 15.2. The van der Waals surface area contributed by atoms with Crippen molar-refractivity contribution in [3.8, 4) is 0 Å². The molecule has 0 unspecified atom stereocenters. The first-order valence-corrected chi connectivity index (χ1v) is 9.98. The van der Waals surface area contributed by atoms with E-state index in [1.54, 1.807) is 0 Å². The van der Waals surface area contributed by atoms with E-state index in [9.17, 15) is 18.4 Å². The quantitative estimate of drug-likeness (QED) is 0.685. The van der Waals surface area contributed by atoms with Gasteiger partial charge in [-0.2, -0.15) is 0 Å². The van der Waals surface area contributed by atoms with Crippen LogP contribution in [0.4, 0.5) is 20.2 Å². The lowest BCUT2D eigenvalue weighted by molar-refractivity contribution is -0.136. The van der Waals surface area contributed by atoms with E-state index in [4.69, 9.17) is 4.74 Å². The highest BCUT2D eigenvalue weighted by atomic mass is 19.1. The molecule has 2 aromatic rings. The van der Waals surface area contributed by atoms with E-state index in [0.29, 0.717) is 32.4 Å². The molecule has 1 atom stereocenters. The summed E-state index contributed by atoms with van der Waals surface area (Å²) in [5, 5.41) is 4.79. The number of benzene rings is 2. The monoisotopic (exact) mass is 432 g/mol. The van der Waals surface area contributed by atoms with Gasteiger partial charge in [0, 0.05) is 45.5 Å². The molecule has 0 spiro atoms. The largest absolute Gasteiger partial charge is 0.379 e. The number of rotatable bonds is 6. The number of hydrogen-bond donors (Lipinski definition) is 2. The van der Waals surface area contributed by atoms with Gasteiger partial charge in [0.25, 0.3) is 0 Å². The first kappa shape index (κ1) is 22.6. The minimum Gasteiger partial charge on any atom is -0.379 e. The van der Waals surface area contributed by atoms with Crippen LogP contribution in [0.5, 0.6) is 0 Å². The maximum Gasteiger partial charge on any atom is 0.313 e. The zero-order chi connectivity index (χ0) is 22.4. The fraction of sp³-hybridized carbons (Fsp3) is 0.364. The zero-order valence-corrected chi connectivity index (χ0v) is 17.5. The summed E-state index contributed by atoms with van der Waals surface area (Å²) < 4.78 is 32.2. The summed E-state index contributed by atoms with van der Waals surface area (Å²) in [6.45, 7) is 2.76. The van der Waals surface area contributed by atoms with Crippen molar-refractivity contribution in [2.24, 2.45) is 0 Å². The van der Waals surface area contributed by atoms with Gasteiger partial charge >= 0.3 is 11.8 Å². The Morgan fingerprint density at radius 3 is 2.35 bits per heavy atom. The molecule has 9 heteroatoms. The fourth-order valence-corrected chi connectivity index (χ4v) is 3.38. The van der Waals surface area contributed by atoms with Crippen LogP contribution in [-0.4, -0.2) is 63.7 Å². The first-order chi connectivity index (χ1) is 14.8. The van der Waals surface area contributed by atoms with Crippen molar-refractivity contribution in [3.63, 3.8) is 0 Å². The predicted molar refractivity (Wildman–Crippen MR) is 114 cm³/mol. The molecule has 166 valence electrons. The molecule has 0 aromatic heterocycles. The van der Waals surface area contributed by atoms with Crippen LogP contribution in [0.25, 0.3) is 0 Å². The Bertz CT molecular complexity index is 915. The molecular weight excluding hydrogens is 406 g/mol. The van der Waals surface area contributed by atoms with E-state index < -0.39 is 23.4 Å². The second kappa shape index (κ2) is 10.3. The highest BCUT2D eigenvalue weighted by Gasteiger charge is 2.25. The van der Waals surface area contributed by atoms with Crippen molar-refractivity contribution < 1.29 is 23.1 Å². The lowest BCUT2D eigenvalue weighted by Gasteiger charge is -2.35. The Hall–Kier alpha value is -3.04. The van der Waals surface area contributed by atoms with E-state index in [1.807, 2.05) is 43.3 Å². The number of halogens is 2. The second-order valence-corrected chi connectivity index (χ2v) is 7.44. The Labute approximate surface area is 180 Å². The lowest BCUT2D eigenvalue weighted by atomic mass is 10.0. The Kier molecular flexibility index (Phi) is 7.54. The summed E-state index contributed by atoms with van der Waals surface area (Å²) in [6.07, 6.45) is 0. The number of nitrogens with one attached hydrogen (secondary N) is 2. The zero-order valence-electron chi connectivity index (χ0n) is 17.5. The molecule has 1 saturated heterocycles. The molecule has 1 heterocycles. The topological polar surface area (TPSA) is 73.9 Å². The number of carbonyl (C=O) groups excluding carboxylic acids is 2. The molecule has 0 aliphatic carbocycles. The average Bonchev–Trinajstić information content (AvgIpc) is 2.76.